The van der Waals surface area contributed by atoms with Gasteiger partial charge in [-0.3, -0.25) is 9.59 Å². The molecule has 3 N–H and O–H groups in total. The summed E-state index contributed by atoms with van der Waals surface area (Å²) >= 11 is 0. The summed E-state index contributed by atoms with van der Waals surface area (Å²) in [6, 6.07) is 21.6. The predicted octanol–water partition coefficient (Wildman–Crippen LogP) is 3.74. The molecule has 0 atom stereocenters. The third kappa shape index (κ3) is 5.27. The molecule has 0 bridgehead atoms. The molecule has 0 unspecified atom stereocenters. The second-order valence-electron chi connectivity index (χ2n) is 5.45. The minimum Gasteiger partial charge on any atom is -0.507 e. The van der Waals surface area contributed by atoms with Gasteiger partial charge in [0.15, 0.2) is 5.78 Å². The Morgan fingerprint density at radius 1 is 0.808 bits per heavy atom. The number of halogens is 1. The molecule has 1 amide bonds. The van der Waals surface area contributed by atoms with E-state index in [9.17, 15) is 14.0 Å². The first-order chi connectivity index (χ1) is 12.5. The summed E-state index contributed by atoms with van der Waals surface area (Å²) < 4.78 is 13.3. The number of para-hydroxylation sites is 1. The number of Topliss-reactive ketones (excluding diaryl/α,β-unsaturated/α-hetero) is 1. The maximum Gasteiger partial charge on any atom is 0.252 e. The smallest absolute Gasteiger partial charge is 0.252 e. The molecule has 26 heavy (non-hydrogen) atoms. The lowest BCUT2D eigenvalue weighted by Crippen LogP contribution is -2.10. The molecule has 132 valence electrons. The predicted molar refractivity (Wildman–Crippen MR) is 97.5 cm³/mol. The van der Waals surface area contributed by atoms with Gasteiger partial charge in [-0.05, 0) is 29.8 Å². The number of amides is 1. The molecule has 0 aliphatic carbocycles. The third-order valence-corrected chi connectivity index (χ3v) is 3.55. The Hall–Kier alpha value is -3.47. The summed E-state index contributed by atoms with van der Waals surface area (Å²) in [5.74, 6) is -1.33. The van der Waals surface area contributed by atoms with Gasteiger partial charge in [0.25, 0.3) is 5.91 Å². The highest BCUT2D eigenvalue weighted by molar-refractivity contribution is 5.97. The zero-order chi connectivity index (χ0) is 18.9. The largest absolute Gasteiger partial charge is 0.507 e. The van der Waals surface area contributed by atoms with Gasteiger partial charge >= 0.3 is 0 Å². The van der Waals surface area contributed by atoms with E-state index < -0.39 is 11.7 Å². The van der Waals surface area contributed by atoms with Crippen molar-refractivity contribution in [3.8, 4) is 5.75 Å². The highest BCUT2D eigenvalue weighted by Gasteiger charge is 2.10. The van der Waals surface area contributed by atoms with Gasteiger partial charge in [-0.15, -0.1) is 0 Å². The van der Waals surface area contributed by atoms with Crippen LogP contribution in [0.25, 0.3) is 0 Å². The SMILES string of the molecule is NC(=O)c1ccccc1O.O=C(Cc1ccccc1)c1ccccc1F. The average Bonchev–Trinajstić information content (AvgIpc) is 2.63. The lowest BCUT2D eigenvalue weighted by atomic mass is 10.0. The van der Waals surface area contributed by atoms with Crippen LogP contribution in [0.15, 0.2) is 78.9 Å². The third-order valence-electron chi connectivity index (χ3n) is 3.55. The Labute approximate surface area is 150 Å². The Balaban J connectivity index is 0.000000209. The van der Waals surface area contributed by atoms with Crippen molar-refractivity contribution in [3.63, 3.8) is 0 Å². The highest BCUT2D eigenvalue weighted by Crippen LogP contribution is 2.13. The van der Waals surface area contributed by atoms with E-state index in [4.69, 9.17) is 10.8 Å². The van der Waals surface area contributed by atoms with Gasteiger partial charge in [-0.2, -0.15) is 0 Å². The molecule has 0 fully saturated rings. The number of carbonyl (C=O) groups excluding carboxylic acids is 2. The minimum atomic E-state index is -0.613. The van der Waals surface area contributed by atoms with E-state index >= 15 is 0 Å². The molecule has 0 saturated heterocycles. The van der Waals surface area contributed by atoms with Crippen molar-refractivity contribution in [1.29, 1.82) is 0 Å². The van der Waals surface area contributed by atoms with Crippen LogP contribution in [-0.2, 0) is 6.42 Å². The van der Waals surface area contributed by atoms with E-state index in [0.717, 1.165) is 5.56 Å². The van der Waals surface area contributed by atoms with Crippen LogP contribution in [0.4, 0.5) is 4.39 Å². The maximum atomic E-state index is 13.3. The number of carbonyl (C=O) groups is 2. The summed E-state index contributed by atoms with van der Waals surface area (Å²) in [4.78, 5) is 22.3. The molecule has 5 heteroatoms. The Kier molecular flexibility index (Phi) is 6.62. The highest BCUT2D eigenvalue weighted by atomic mass is 19.1. The Morgan fingerprint density at radius 3 is 1.88 bits per heavy atom. The van der Waals surface area contributed by atoms with Crippen molar-refractivity contribution < 1.29 is 19.1 Å². The molecule has 0 saturated carbocycles. The first-order valence-electron chi connectivity index (χ1n) is 7.88. The number of rotatable bonds is 4. The Morgan fingerprint density at radius 2 is 1.35 bits per heavy atom. The van der Waals surface area contributed by atoms with E-state index in [1.165, 1.54) is 24.3 Å². The number of ketones is 1. The quantitative estimate of drug-likeness (QED) is 0.703. The topological polar surface area (TPSA) is 80.4 Å². The van der Waals surface area contributed by atoms with Gasteiger partial charge in [-0.25, -0.2) is 4.39 Å². The van der Waals surface area contributed by atoms with Crippen molar-refractivity contribution in [1.82, 2.24) is 0 Å². The summed E-state index contributed by atoms with van der Waals surface area (Å²) in [6.07, 6.45) is 0.238. The molecule has 3 aromatic carbocycles. The second-order valence-corrected chi connectivity index (χ2v) is 5.45. The van der Waals surface area contributed by atoms with Gasteiger partial charge in [0.05, 0.1) is 11.1 Å². The molecule has 0 heterocycles. The standard InChI is InChI=1S/C14H11FO.C7H7NO2/c15-13-9-5-4-8-12(13)14(16)10-11-6-2-1-3-7-11;8-7(10)5-3-1-2-4-6(5)9/h1-9H,10H2;1-4,9H,(H2,8,10). The fraction of sp³-hybridized carbons (Fsp3) is 0.0476. The van der Waals surface area contributed by atoms with Gasteiger partial charge in [0.1, 0.15) is 11.6 Å². The maximum absolute atomic E-state index is 13.3. The minimum absolute atomic E-state index is 0.0741. The average molecular weight is 351 g/mol. The first-order valence-corrected chi connectivity index (χ1v) is 7.88. The molecular weight excluding hydrogens is 333 g/mol. The van der Waals surface area contributed by atoms with Gasteiger partial charge in [0, 0.05) is 6.42 Å². The zero-order valence-corrected chi connectivity index (χ0v) is 13.9. The van der Waals surface area contributed by atoms with E-state index in [-0.39, 0.29) is 29.1 Å². The lowest BCUT2D eigenvalue weighted by molar-refractivity contribution is 0.0983. The van der Waals surface area contributed by atoms with E-state index in [1.54, 1.807) is 24.3 Å². The summed E-state index contributed by atoms with van der Waals surface area (Å²) in [5.41, 5.74) is 6.13. The number of nitrogens with two attached hydrogens (primary N) is 1. The van der Waals surface area contributed by atoms with Crippen LogP contribution in [0.1, 0.15) is 26.3 Å². The number of phenols is 1. The molecule has 0 aliphatic heterocycles. The lowest BCUT2D eigenvalue weighted by Gasteiger charge is -2.02. The van der Waals surface area contributed by atoms with Crippen LogP contribution in [0.5, 0.6) is 5.75 Å². The van der Waals surface area contributed by atoms with Gasteiger partial charge < -0.3 is 10.8 Å². The number of benzene rings is 3. The van der Waals surface area contributed by atoms with Crippen molar-refractivity contribution in [3.05, 3.63) is 101 Å². The zero-order valence-electron chi connectivity index (χ0n) is 13.9. The van der Waals surface area contributed by atoms with E-state index in [0.29, 0.717) is 0 Å². The number of hydrogen-bond acceptors (Lipinski definition) is 3. The van der Waals surface area contributed by atoms with E-state index in [2.05, 4.69) is 0 Å². The second kappa shape index (κ2) is 9.13. The fourth-order valence-corrected chi connectivity index (χ4v) is 2.25. The van der Waals surface area contributed by atoms with Crippen molar-refractivity contribution in [2.45, 2.75) is 6.42 Å². The van der Waals surface area contributed by atoms with Crippen molar-refractivity contribution in [2.24, 2.45) is 5.73 Å². The van der Waals surface area contributed by atoms with Crippen LogP contribution < -0.4 is 5.73 Å². The van der Waals surface area contributed by atoms with Crippen LogP contribution in [0.2, 0.25) is 0 Å². The molecule has 3 rings (SSSR count). The molecule has 4 nitrogen and oxygen atoms in total. The van der Waals surface area contributed by atoms with Gasteiger partial charge in [0.2, 0.25) is 0 Å². The van der Waals surface area contributed by atoms with Crippen LogP contribution in [0.3, 0.4) is 0 Å². The van der Waals surface area contributed by atoms with Crippen LogP contribution >= 0.6 is 0 Å². The number of primary amides is 1. The van der Waals surface area contributed by atoms with Gasteiger partial charge in [-0.1, -0.05) is 54.6 Å². The summed E-state index contributed by atoms with van der Waals surface area (Å²) in [7, 11) is 0. The van der Waals surface area contributed by atoms with Crippen molar-refractivity contribution >= 4 is 11.7 Å². The summed E-state index contributed by atoms with van der Waals surface area (Å²) in [5, 5.41) is 8.98. The Bertz CT molecular complexity index is 895. The first kappa shape index (κ1) is 18.9. The molecule has 0 radical (unpaired) electrons. The van der Waals surface area contributed by atoms with Crippen molar-refractivity contribution in [2.75, 3.05) is 0 Å². The molecule has 0 spiro atoms. The van der Waals surface area contributed by atoms with Crippen LogP contribution in [0, 0.1) is 5.82 Å². The van der Waals surface area contributed by atoms with Crippen LogP contribution in [-0.4, -0.2) is 16.8 Å². The summed E-state index contributed by atoms with van der Waals surface area (Å²) in [6.45, 7) is 0. The normalized spacial score (nSPS) is 9.73. The molecular formula is C21H18FNO3. The fourth-order valence-electron chi connectivity index (χ4n) is 2.25. The molecule has 0 aromatic heterocycles. The molecule has 3 aromatic rings. The molecule has 0 aliphatic rings. The number of aromatic hydroxyl groups is 1. The number of hydrogen-bond donors (Lipinski definition) is 2. The monoisotopic (exact) mass is 351 g/mol. The van der Waals surface area contributed by atoms with E-state index in [1.807, 2.05) is 30.3 Å².